The number of amides is 1. The Hall–Kier alpha value is -3.03. The average Bonchev–Trinajstić information content (AvgIpc) is 3.13. The molecule has 2 heterocycles. The summed E-state index contributed by atoms with van der Waals surface area (Å²) < 4.78 is 17.2. The number of carbonyl (C=O) groups excluding carboxylic acids is 1. The van der Waals surface area contributed by atoms with Gasteiger partial charge in [0.05, 0.1) is 13.2 Å². The number of benzene rings is 1. The third-order valence-electron chi connectivity index (χ3n) is 4.78. The molecule has 1 aromatic heterocycles. The molecule has 0 aliphatic carbocycles. The van der Waals surface area contributed by atoms with E-state index in [0.717, 1.165) is 33.4 Å². The standard InChI is InChI=1S/C22H28N2O6/c1-13(12-24(14(2)20(25)26)21(27)30-22(3,4)5)29-19-17-7-6-15-9-11-28-18(15)16(17)8-10-23-19/h6-8,10,13-14H,9,11-12H2,1-5H3,(H,25,26)/t13-,14+/m1/s1. The maximum Gasteiger partial charge on any atom is 0.411 e. The molecule has 1 aliphatic heterocycles. The van der Waals surface area contributed by atoms with Crippen LogP contribution in [-0.2, 0) is 16.0 Å². The van der Waals surface area contributed by atoms with Gasteiger partial charge >= 0.3 is 12.1 Å². The van der Waals surface area contributed by atoms with Crippen LogP contribution in [0.3, 0.4) is 0 Å². The van der Waals surface area contributed by atoms with E-state index in [1.54, 1.807) is 33.9 Å². The fourth-order valence-corrected chi connectivity index (χ4v) is 3.32. The van der Waals surface area contributed by atoms with Crippen molar-refractivity contribution in [2.45, 2.75) is 58.8 Å². The van der Waals surface area contributed by atoms with E-state index in [1.165, 1.54) is 6.92 Å². The van der Waals surface area contributed by atoms with Crippen molar-refractivity contribution in [3.63, 3.8) is 0 Å². The van der Waals surface area contributed by atoms with Gasteiger partial charge in [-0.15, -0.1) is 0 Å². The van der Waals surface area contributed by atoms with E-state index in [2.05, 4.69) is 4.98 Å². The largest absolute Gasteiger partial charge is 0.492 e. The van der Waals surface area contributed by atoms with Crippen LogP contribution in [-0.4, -0.2) is 58.0 Å². The molecule has 0 radical (unpaired) electrons. The van der Waals surface area contributed by atoms with E-state index in [1.807, 2.05) is 18.2 Å². The molecule has 0 fully saturated rings. The Bertz CT molecular complexity index is 953. The van der Waals surface area contributed by atoms with Crippen molar-refractivity contribution in [2.24, 2.45) is 0 Å². The fraction of sp³-hybridized carbons (Fsp3) is 0.500. The van der Waals surface area contributed by atoms with Crippen molar-refractivity contribution < 1.29 is 28.9 Å². The topological polar surface area (TPSA) is 98.2 Å². The van der Waals surface area contributed by atoms with Crippen LogP contribution in [0, 0.1) is 0 Å². The first-order valence-electron chi connectivity index (χ1n) is 9.99. The molecule has 8 nitrogen and oxygen atoms in total. The van der Waals surface area contributed by atoms with E-state index < -0.39 is 29.8 Å². The first kappa shape index (κ1) is 21.7. The number of fused-ring (bicyclic) bond motifs is 3. The van der Waals surface area contributed by atoms with E-state index in [-0.39, 0.29) is 6.54 Å². The molecule has 1 aromatic carbocycles. The summed E-state index contributed by atoms with van der Waals surface area (Å²) >= 11 is 0. The lowest BCUT2D eigenvalue weighted by Crippen LogP contribution is -2.49. The molecular formula is C22H28N2O6. The monoisotopic (exact) mass is 416 g/mol. The number of nitrogens with zero attached hydrogens (tertiary/aromatic N) is 2. The van der Waals surface area contributed by atoms with Crippen LogP contribution in [0.25, 0.3) is 10.8 Å². The summed E-state index contributed by atoms with van der Waals surface area (Å²) in [4.78, 5) is 29.6. The number of carboxylic acid groups (broad SMARTS) is 1. The van der Waals surface area contributed by atoms with Gasteiger partial charge in [0.25, 0.3) is 0 Å². The molecule has 2 atom stereocenters. The van der Waals surface area contributed by atoms with Gasteiger partial charge in [-0.3, -0.25) is 4.90 Å². The number of carbonyl (C=O) groups is 2. The lowest BCUT2D eigenvalue weighted by atomic mass is 10.1. The highest BCUT2D eigenvalue weighted by atomic mass is 16.6. The van der Waals surface area contributed by atoms with Crippen molar-refractivity contribution >= 4 is 22.8 Å². The summed E-state index contributed by atoms with van der Waals surface area (Å²) in [5, 5.41) is 11.1. The molecule has 1 amide bonds. The van der Waals surface area contributed by atoms with Crippen LogP contribution in [0.2, 0.25) is 0 Å². The van der Waals surface area contributed by atoms with Crippen molar-refractivity contribution in [1.29, 1.82) is 0 Å². The van der Waals surface area contributed by atoms with Crippen molar-refractivity contribution in [3.05, 3.63) is 30.0 Å². The molecule has 1 aliphatic rings. The minimum Gasteiger partial charge on any atom is -0.492 e. The lowest BCUT2D eigenvalue weighted by molar-refractivity contribution is -0.142. The summed E-state index contributed by atoms with van der Waals surface area (Å²) in [7, 11) is 0. The van der Waals surface area contributed by atoms with Crippen LogP contribution >= 0.6 is 0 Å². The van der Waals surface area contributed by atoms with Gasteiger partial charge < -0.3 is 19.3 Å². The second-order valence-corrected chi connectivity index (χ2v) is 8.44. The molecule has 0 spiro atoms. The quantitative estimate of drug-likeness (QED) is 0.767. The number of ether oxygens (including phenoxy) is 3. The number of aromatic nitrogens is 1. The molecule has 1 N–H and O–H groups in total. The number of rotatable bonds is 6. The lowest BCUT2D eigenvalue weighted by Gasteiger charge is -2.31. The fourth-order valence-electron chi connectivity index (χ4n) is 3.32. The highest BCUT2D eigenvalue weighted by molar-refractivity contribution is 5.93. The molecule has 0 bridgehead atoms. The van der Waals surface area contributed by atoms with Gasteiger partial charge in [-0.25, -0.2) is 14.6 Å². The molecule has 0 saturated heterocycles. The zero-order chi connectivity index (χ0) is 22.1. The molecule has 3 rings (SSSR count). The summed E-state index contributed by atoms with van der Waals surface area (Å²) in [6.45, 7) is 9.08. The van der Waals surface area contributed by atoms with Crippen LogP contribution in [0.1, 0.15) is 40.2 Å². The van der Waals surface area contributed by atoms with E-state index in [9.17, 15) is 14.7 Å². The number of carboxylic acids is 1. The molecule has 0 unspecified atom stereocenters. The number of aliphatic carboxylic acids is 1. The summed E-state index contributed by atoms with van der Waals surface area (Å²) in [6, 6.07) is 4.77. The van der Waals surface area contributed by atoms with E-state index in [4.69, 9.17) is 14.2 Å². The second-order valence-electron chi connectivity index (χ2n) is 8.44. The number of hydrogen-bond donors (Lipinski definition) is 1. The Morgan fingerprint density at radius 1 is 1.23 bits per heavy atom. The average molecular weight is 416 g/mol. The van der Waals surface area contributed by atoms with Gasteiger partial charge in [0.2, 0.25) is 5.88 Å². The van der Waals surface area contributed by atoms with Gasteiger partial charge in [0, 0.05) is 23.4 Å². The van der Waals surface area contributed by atoms with E-state index >= 15 is 0 Å². The summed E-state index contributed by atoms with van der Waals surface area (Å²) in [6.07, 6.45) is 1.30. The minimum absolute atomic E-state index is 0.0297. The van der Waals surface area contributed by atoms with Gasteiger partial charge in [-0.1, -0.05) is 6.07 Å². The zero-order valence-electron chi connectivity index (χ0n) is 18.0. The Kier molecular flexibility index (Phi) is 6.05. The van der Waals surface area contributed by atoms with E-state index in [0.29, 0.717) is 12.5 Å². The van der Waals surface area contributed by atoms with Crippen molar-refractivity contribution in [3.8, 4) is 11.6 Å². The van der Waals surface area contributed by atoms with Gasteiger partial charge in [-0.2, -0.15) is 0 Å². The maximum atomic E-state index is 12.6. The number of pyridine rings is 1. The van der Waals surface area contributed by atoms with Crippen LogP contribution in [0.4, 0.5) is 4.79 Å². The third kappa shape index (κ3) is 4.75. The molecule has 0 saturated carbocycles. The Morgan fingerprint density at radius 3 is 2.63 bits per heavy atom. The minimum atomic E-state index is -1.12. The molecule has 8 heteroatoms. The van der Waals surface area contributed by atoms with Crippen LogP contribution in [0.5, 0.6) is 11.6 Å². The Labute approximate surface area is 175 Å². The summed E-state index contributed by atoms with van der Waals surface area (Å²) in [5.74, 6) is 0.136. The molecular weight excluding hydrogens is 388 g/mol. The highest BCUT2D eigenvalue weighted by Crippen LogP contribution is 2.37. The summed E-state index contributed by atoms with van der Waals surface area (Å²) in [5.41, 5.74) is 0.411. The smallest absolute Gasteiger partial charge is 0.411 e. The normalized spacial score (nSPS) is 15.1. The molecule has 162 valence electrons. The van der Waals surface area contributed by atoms with Gasteiger partial charge in [0.15, 0.2) is 0 Å². The van der Waals surface area contributed by atoms with Gasteiger partial charge in [0.1, 0.15) is 23.5 Å². The van der Waals surface area contributed by atoms with Crippen molar-refractivity contribution in [1.82, 2.24) is 9.88 Å². The second kappa shape index (κ2) is 8.38. The molecule has 30 heavy (non-hydrogen) atoms. The zero-order valence-corrected chi connectivity index (χ0v) is 18.0. The van der Waals surface area contributed by atoms with Crippen LogP contribution < -0.4 is 9.47 Å². The SMILES string of the molecule is C[C@H](CN(C(=O)OC(C)(C)C)[C@@H](C)C(=O)O)Oc1nccc2c3c(ccc12)CCO3. The first-order chi connectivity index (χ1) is 14.1. The highest BCUT2D eigenvalue weighted by Gasteiger charge is 2.31. The Morgan fingerprint density at radius 2 is 1.97 bits per heavy atom. The third-order valence-corrected chi connectivity index (χ3v) is 4.78. The van der Waals surface area contributed by atoms with Crippen molar-refractivity contribution in [2.75, 3.05) is 13.2 Å². The van der Waals surface area contributed by atoms with Gasteiger partial charge in [-0.05, 0) is 52.3 Å². The first-order valence-corrected chi connectivity index (χ1v) is 9.99. The number of hydrogen-bond acceptors (Lipinski definition) is 6. The predicted octanol–water partition coefficient (Wildman–Crippen LogP) is 3.65. The maximum absolute atomic E-state index is 12.6. The molecule has 2 aromatic rings. The Balaban J connectivity index is 1.81. The van der Waals surface area contributed by atoms with Crippen LogP contribution in [0.15, 0.2) is 24.4 Å². The predicted molar refractivity (Wildman–Crippen MR) is 111 cm³/mol.